The molecule has 3 rings (SSSR count). The van der Waals surface area contributed by atoms with Crippen LogP contribution in [0.5, 0.6) is 0 Å². The van der Waals surface area contributed by atoms with Gasteiger partial charge in [-0.1, -0.05) is 12.1 Å². The second kappa shape index (κ2) is 5.63. The lowest BCUT2D eigenvalue weighted by molar-refractivity contribution is -0.352. The average Bonchev–Trinajstić information content (AvgIpc) is 2.78. The second-order valence-electron chi connectivity index (χ2n) is 4.24. The van der Waals surface area contributed by atoms with Crippen LogP contribution in [0.15, 0.2) is 35.4 Å². The first-order valence-corrected chi connectivity index (χ1v) is 6.42. The number of hydrogen-bond donors (Lipinski definition) is 1. The Labute approximate surface area is 120 Å². The molecule has 0 unspecified atom stereocenters. The van der Waals surface area contributed by atoms with Crippen LogP contribution in [-0.4, -0.2) is 15.4 Å². The van der Waals surface area contributed by atoms with E-state index in [1.54, 1.807) is 10.9 Å². The quantitative estimate of drug-likeness (QED) is 0.615. The zero-order chi connectivity index (χ0) is 12.5. The normalized spacial score (nSPS) is 10.8. The number of nitrogens with one attached hydrogen (secondary N) is 2. The Morgan fingerprint density at radius 3 is 2.89 bits per heavy atom. The monoisotopic (exact) mass is 297 g/mol. The van der Waals surface area contributed by atoms with E-state index >= 15 is 0 Å². The summed E-state index contributed by atoms with van der Waals surface area (Å²) in [5.41, 5.74) is 2.44. The molecule has 0 saturated heterocycles. The lowest BCUT2D eigenvalue weighted by Crippen LogP contribution is -3.00. The number of hydrogen-bond acceptors (Lipinski definition) is 1. The minimum absolute atomic E-state index is 0. The van der Waals surface area contributed by atoms with E-state index in [1.807, 2.05) is 24.3 Å². The van der Waals surface area contributed by atoms with Crippen LogP contribution in [0, 0.1) is 0 Å². The van der Waals surface area contributed by atoms with Crippen LogP contribution in [0.4, 0.5) is 0 Å². The third-order valence-corrected chi connectivity index (χ3v) is 3.35. The molecule has 0 saturated carbocycles. The summed E-state index contributed by atoms with van der Waals surface area (Å²) in [6, 6.07) is 7.87. The standard InChI is InChI=1S/C13H12ClN3O.ClH/c14-6-3-7-17-8-15-11-9-4-1-2-5-10(9)16-12(11)13(17)18;/h1-2,4-5,8,16H,3,6-7H2;1H. The minimum atomic E-state index is -0.00920. The molecule has 4 nitrogen and oxygen atoms in total. The van der Waals surface area contributed by atoms with E-state index in [4.69, 9.17) is 11.6 Å². The Bertz CT molecular complexity index is 763. The highest BCUT2D eigenvalue weighted by Gasteiger charge is 2.14. The van der Waals surface area contributed by atoms with Crippen LogP contribution in [-0.2, 0) is 6.54 Å². The number of fused-ring (bicyclic) bond motifs is 3. The van der Waals surface area contributed by atoms with Crippen molar-refractivity contribution >= 4 is 33.5 Å². The van der Waals surface area contributed by atoms with Gasteiger partial charge in [0, 0.05) is 11.3 Å². The van der Waals surface area contributed by atoms with Crippen LogP contribution >= 0.6 is 11.6 Å². The first-order chi connectivity index (χ1) is 8.81. The predicted octanol–water partition coefficient (Wildman–Crippen LogP) is -1.07. The number of H-pyrrole nitrogens is 2. The molecule has 0 fully saturated rings. The van der Waals surface area contributed by atoms with Gasteiger partial charge in [-0.15, -0.1) is 11.6 Å². The highest BCUT2D eigenvalue weighted by atomic mass is 35.5. The number of aromatic amines is 2. The summed E-state index contributed by atoms with van der Waals surface area (Å²) < 4.78 is 1.65. The van der Waals surface area contributed by atoms with Gasteiger partial charge >= 0.3 is 5.56 Å². The van der Waals surface area contributed by atoms with Crippen molar-refractivity contribution in [3.63, 3.8) is 0 Å². The second-order valence-corrected chi connectivity index (χ2v) is 4.61. The van der Waals surface area contributed by atoms with Gasteiger partial charge in [-0.2, -0.15) is 4.57 Å². The maximum Gasteiger partial charge on any atom is 0.361 e. The molecular weight excluding hydrogens is 285 g/mol. The zero-order valence-corrected chi connectivity index (χ0v) is 11.6. The van der Waals surface area contributed by atoms with Crippen molar-refractivity contribution in [1.29, 1.82) is 0 Å². The van der Waals surface area contributed by atoms with E-state index in [0.717, 1.165) is 22.8 Å². The number of benzene rings is 1. The summed E-state index contributed by atoms with van der Waals surface area (Å²) in [5.74, 6) is 0.553. The third-order valence-electron chi connectivity index (χ3n) is 3.08. The molecule has 0 aliphatic heterocycles. The Hall–Kier alpha value is -1.52. The fourth-order valence-corrected chi connectivity index (χ4v) is 2.31. The lowest BCUT2D eigenvalue weighted by Gasteiger charge is -1.95. The van der Waals surface area contributed by atoms with Gasteiger partial charge in [-0.3, -0.25) is 0 Å². The topological polar surface area (TPSA) is 51.9 Å². The summed E-state index contributed by atoms with van der Waals surface area (Å²) in [6.07, 6.45) is 2.50. The Kier molecular flexibility index (Phi) is 4.12. The molecule has 0 spiro atoms. The van der Waals surface area contributed by atoms with Crippen molar-refractivity contribution < 1.29 is 17.4 Å². The fourth-order valence-electron chi connectivity index (χ4n) is 2.19. The molecule has 0 atom stereocenters. The zero-order valence-electron chi connectivity index (χ0n) is 10.1. The third kappa shape index (κ3) is 2.33. The van der Waals surface area contributed by atoms with Gasteiger partial charge in [0.15, 0.2) is 11.0 Å². The van der Waals surface area contributed by atoms with Crippen molar-refractivity contribution in [2.45, 2.75) is 13.0 Å². The Balaban J connectivity index is 0.00000133. The lowest BCUT2D eigenvalue weighted by atomic mass is 10.2. The first-order valence-electron chi connectivity index (χ1n) is 5.89. The number of rotatable bonds is 3. The molecule has 2 aromatic heterocycles. The van der Waals surface area contributed by atoms with Gasteiger partial charge in [0.05, 0.1) is 12.1 Å². The molecule has 0 bridgehead atoms. The van der Waals surface area contributed by atoms with E-state index in [-0.39, 0.29) is 18.0 Å². The van der Waals surface area contributed by atoms with Crippen molar-refractivity contribution in [1.82, 2.24) is 9.55 Å². The number of aromatic nitrogens is 3. The number of alkyl halides is 1. The Morgan fingerprint density at radius 1 is 1.32 bits per heavy atom. The smallest absolute Gasteiger partial charge is 0.361 e. The fraction of sp³-hybridized carbons (Fsp3) is 0.231. The van der Waals surface area contributed by atoms with Gasteiger partial charge in [0.2, 0.25) is 6.33 Å². The van der Waals surface area contributed by atoms with E-state index in [9.17, 15) is 4.79 Å². The average molecular weight is 298 g/mol. The van der Waals surface area contributed by atoms with Crippen molar-refractivity contribution in [2.24, 2.45) is 0 Å². The van der Waals surface area contributed by atoms with Crippen molar-refractivity contribution in [2.75, 3.05) is 5.88 Å². The molecule has 2 N–H and O–H groups in total. The summed E-state index contributed by atoms with van der Waals surface area (Å²) in [5, 5.41) is 1.04. The van der Waals surface area contributed by atoms with Crippen LogP contribution in [0.1, 0.15) is 6.42 Å². The summed E-state index contributed by atoms with van der Waals surface area (Å²) in [7, 11) is 0. The van der Waals surface area contributed by atoms with Crippen LogP contribution in [0.2, 0.25) is 0 Å². The molecule has 100 valence electrons. The predicted molar refractivity (Wildman–Crippen MR) is 72.0 cm³/mol. The highest BCUT2D eigenvalue weighted by molar-refractivity contribution is 6.17. The minimum Gasteiger partial charge on any atom is -1.00 e. The van der Waals surface area contributed by atoms with Crippen LogP contribution in [0.3, 0.4) is 0 Å². The molecule has 0 aliphatic carbocycles. The maximum atomic E-state index is 12.3. The Morgan fingerprint density at radius 2 is 2.11 bits per heavy atom. The molecule has 1 aromatic carbocycles. The maximum absolute atomic E-state index is 12.3. The number of aryl methyl sites for hydroxylation is 1. The van der Waals surface area contributed by atoms with E-state index in [0.29, 0.717) is 17.9 Å². The van der Waals surface area contributed by atoms with E-state index in [1.165, 1.54) is 0 Å². The number of halogens is 2. The molecule has 2 heterocycles. The van der Waals surface area contributed by atoms with Gasteiger partial charge in [-0.05, 0) is 18.6 Å². The van der Waals surface area contributed by atoms with Crippen LogP contribution in [0.25, 0.3) is 21.9 Å². The van der Waals surface area contributed by atoms with E-state index in [2.05, 4.69) is 9.97 Å². The molecule has 6 heteroatoms. The van der Waals surface area contributed by atoms with Crippen molar-refractivity contribution in [3.05, 3.63) is 40.9 Å². The van der Waals surface area contributed by atoms with Gasteiger partial charge in [0.25, 0.3) is 0 Å². The summed E-state index contributed by atoms with van der Waals surface area (Å²) >= 11 is 5.65. The molecule has 19 heavy (non-hydrogen) atoms. The van der Waals surface area contributed by atoms with E-state index < -0.39 is 0 Å². The first kappa shape index (κ1) is 13.9. The number of para-hydroxylation sites is 1. The SMILES string of the molecule is O=c1c2[nH]c3ccccc3c2[nH+]cn1CCCCl.[Cl-]. The number of nitrogens with zero attached hydrogens (tertiary/aromatic N) is 1. The summed E-state index contributed by atoms with van der Waals surface area (Å²) in [6.45, 7) is 0.629. The van der Waals surface area contributed by atoms with Crippen LogP contribution < -0.4 is 23.0 Å². The molecule has 3 aromatic rings. The van der Waals surface area contributed by atoms with Gasteiger partial charge in [0.1, 0.15) is 0 Å². The van der Waals surface area contributed by atoms with Crippen molar-refractivity contribution in [3.8, 4) is 0 Å². The highest BCUT2D eigenvalue weighted by Crippen LogP contribution is 2.18. The van der Waals surface area contributed by atoms with Gasteiger partial charge < -0.3 is 17.4 Å². The molecule has 0 radical (unpaired) electrons. The van der Waals surface area contributed by atoms with Gasteiger partial charge in [-0.25, -0.2) is 9.78 Å². The largest absolute Gasteiger partial charge is 1.00 e. The summed E-state index contributed by atoms with van der Waals surface area (Å²) in [4.78, 5) is 18.6. The molecule has 0 amide bonds. The molecular formula is C13H13Cl2N3O. The molecule has 0 aliphatic rings.